The number of ether oxygens (including phenoxy) is 2. The number of hydrogen-bond acceptors (Lipinski definition) is 4. The van der Waals surface area contributed by atoms with Crippen LogP contribution < -0.4 is 14.8 Å². The highest BCUT2D eigenvalue weighted by molar-refractivity contribution is 6.44. The molecule has 0 aromatic heterocycles. The number of benzene rings is 2. The van der Waals surface area contributed by atoms with Crippen molar-refractivity contribution in [2.24, 2.45) is 5.92 Å². The number of rotatable bonds is 5. The Hall–Kier alpha value is -2.15. The molecule has 2 aromatic carbocycles. The summed E-state index contributed by atoms with van der Waals surface area (Å²) in [4.78, 5) is 27.3. The van der Waals surface area contributed by atoms with Crippen LogP contribution in [0, 0.1) is 5.92 Å². The van der Waals surface area contributed by atoms with Crippen molar-refractivity contribution in [2.45, 2.75) is 12.8 Å². The molecule has 0 spiro atoms. The van der Waals surface area contributed by atoms with Gasteiger partial charge in [-0.1, -0.05) is 34.8 Å². The maximum atomic E-state index is 12.9. The van der Waals surface area contributed by atoms with Crippen LogP contribution in [-0.4, -0.2) is 44.0 Å². The summed E-state index contributed by atoms with van der Waals surface area (Å²) in [6.07, 6.45) is 1.08. The molecule has 1 aliphatic rings. The number of anilines is 1. The summed E-state index contributed by atoms with van der Waals surface area (Å²) < 4.78 is 10.5. The van der Waals surface area contributed by atoms with Crippen LogP contribution >= 0.6 is 34.8 Å². The number of likely N-dealkylation sites (tertiary alicyclic amines) is 1. The highest BCUT2D eigenvalue weighted by atomic mass is 35.5. The monoisotopic (exact) mass is 470 g/mol. The third-order valence-corrected chi connectivity index (χ3v) is 6.05. The molecular weight excluding hydrogens is 451 g/mol. The van der Waals surface area contributed by atoms with Crippen LogP contribution in [0.1, 0.15) is 23.2 Å². The number of piperidine rings is 1. The fourth-order valence-electron chi connectivity index (χ4n) is 3.31. The lowest BCUT2D eigenvalue weighted by molar-refractivity contribution is -0.121. The van der Waals surface area contributed by atoms with E-state index < -0.39 is 0 Å². The number of carbonyl (C=O) groups excluding carboxylic acids is 2. The van der Waals surface area contributed by atoms with Crippen LogP contribution in [0.3, 0.4) is 0 Å². The quantitative estimate of drug-likeness (QED) is 0.612. The SMILES string of the molecule is COc1cc(OC)cc(C(=O)N2CCC(C(=O)Nc3cc(Cl)c(Cl)cc3Cl)CC2)c1. The van der Waals surface area contributed by atoms with Crippen molar-refractivity contribution in [1.29, 1.82) is 0 Å². The first-order valence-corrected chi connectivity index (χ1v) is 10.4. The van der Waals surface area contributed by atoms with E-state index in [2.05, 4.69) is 5.32 Å². The van der Waals surface area contributed by atoms with Gasteiger partial charge >= 0.3 is 0 Å². The molecular formula is C21H21Cl3N2O4. The van der Waals surface area contributed by atoms with Crippen molar-refractivity contribution < 1.29 is 19.1 Å². The van der Waals surface area contributed by atoms with Gasteiger partial charge in [-0.15, -0.1) is 0 Å². The Morgan fingerprint density at radius 2 is 1.47 bits per heavy atom. The number of carbonyl (C=O) groups is 2. The molecule has 0 saturated carbocycles. The van der Waals surface area contributed by atoms with E-state index in [1.165, 1.54) is 26.4 Å². The van der Waals surface area contributed by atoms with Gasteiger partial charge < -0.3 is 19.7 Å². The van der Waals surface area contributed by atoms with Crippen molar-refractivity contribution in [3.05, 3.63) is 51.0 Å². The topological polar surface area (TPSA) is 67.9 Å². The van der Waals surface area contributed by atoms with Crippen LogP contribution in [0.2, 0.25) is 15.1 Å². The Bertz CT molecular complexity index is 937. The van der Waals surface area contributed by atoms with Crippen LogP contribution in [-0.2, 0) is 4.79 Å². The van der Waals surface area contributed by atoms with Crippen molar-refractivity contribution in [3.8, 4) is 11.5 Å². The van der Waals surface area contributed by atoms with E-state index in [4.69, 9.17) is 44.3 Å². The van der Waals surface area contributed by atoms with E-state index in [0.717, 1.165) is 0 Å². The lowest BCUT2D eigenvalue weighted by Crippen LogP contribution is -2.41. The fourth-order valence-corrected chi connectivity index (χ4v) is 3.91. The van der Waals surface area contributed by atoms with Crippen molar-refractivity contribution in [2.75, 3.05) is 32.6 Å². The molecule has 0 aliphatic carbocycles. The zero-order valence-corrected chi connectivity index (χ0v) is 18.8. The minimum atomic E-state index is -0.237. The standard InChI is InChI=1S/C21H21Cl3N2O4/c1-29-14-7-13(8-15(9-14)30-2)21(28)26-5-3-12(4-6-26)20(27)25-19-11-17(23)16(22)10-18(19)24/h7-12H,3-6H2,1-2H3,(H,25,27). The maximum absolute atomic E-state index is 12.9. The van der Waals surface area contributed by atoms with Gasteiger partial charge in [-0.2, -0.15) is 0 Å². The van der Waals surface area contributed by atoms with Crippen molar-refractivity contribution in [3.63, 3.8) is 0 Å². The van der Waals surface area contributed by atoms with E-state index in [1.54, 1.807) is 23.1 Å². The number of hydrogen-bond donors (Lipinski definition) is 1. The first-order chi connectivity index (χ1) is 14.3. The molecule has 30 heavy (non-hydrogen) atoms. The Balaban J connectivity index is 1.62. The molecule has 3 rings (SSSR count). The van der Waals surface area contributed by atoms with Crippen LogP contribution in [0.15, 0.2) is 30.3 Å². The van der Waals surface area contributed by atoms with E-state index in [0.29, 0.717) is 63.7 Å². The number of halogens is 3. The van der Waals surface area contributed by atoms with E-state index in [1.807, 2.05) is 0 Å². The molecule has 1 heterocycles. The van der Waals surface area contributed by atoms with Gasteiger partial charge in [-0.05, 0) is 37.1 Å². The lowest BCUT2D eigenvalue weighted by Gasteiger charge is -2.31. The molecule has 1 fully saturated rings. The number of nitrogens with zero attached hydrogens (tertiary/aromatic N) is 1. The van der Waals surface area contributed by atoms with Gasteiger partial charge in [0.05, 0.1) is 35.0 Å². The largest absolute Gasteiger partial charge is 0.497 e. The Morgan fingerprint density at radius 3 is 2.03 bits per heavy atom. The minimum absolute atomic E-state index is 0.126. The summed E-state index contributed by atoms with van der Waals surface area (Å²) in [5.41, 5.74) is 0.898. The fraction of sp³-hybridized carbons (Fsp3) is 0.333. The second-order valence-corrected chi connectivity index (χ2v) is 8.12. The van der Waals surface area contributed by atoms with Crippen molar-refractivity contribution in [1.82, 2.24) is 4.90 Å². The van der Waals surface area contributed by atoms with Gasteiger partial charge in [0.2, 0.25) is 5.91 Å². The van der Waals surface area contributed by atoms with E-state index in [-0.39, 0.29) is 17.7 Å². The lowest BCUT2D eigenvalue weighted by atomic mass is 9.95. The molecule has 0 unspecified atom stereocenters. The summed E-state index contributed by atoms with van der Waals surface area (Å²) >= 11 is 18.1. The molecule has 1 aliphatic heterocycles. The molecule has 0 bridgehead atoms. The molecule has 6 nitrogen and oxygen atoms in total. The zero-order valence-electron chi connectivity index (χ0n) is 16.5. The maximum Gasteiger partial charge on any atom is 0.254 e. The summed E-state index contributed by atoms with van der Waals surface area (Å²) in [5.74, 6) is 0.569. The van der Waals surface area contributed by atoms with Gasteiger partial charge in [0.1, 0.15) is 11.5 Å². The van der Waals surface area contributed by atoms with Crippen LogP contribution in [0.5, 0.6) is 11.5 Å². The molecule has 2 amide bonds. The third kappa shape index (κ3) is 5.12. The number of amides is 2. The molecule has 160 valence electrons. The smallest absolute Gasteiger partial charge is 0.254 e. The molecule has 2 aromatic rings. The normalized spacial score (nSPS) is 14.4. The van der Waals surface area contributed by atoms with Crippen molar-refractivity contribution >= 4 is 52.3 Å². The Kier molecular flexibility index (Phi) is 7.34. The van der Waals surface area contributed by atoms with Gasteiger partial charge in [-0.25, -0.2) is 0 Å². The zero-order chi connectivity index (χ0) is 21.8. The van der Waals surface area contributed by atoms with Gasteiger partial charge in [0.15, 0.2) is 0 Å². The first-order valence-electron chi connectivity index (χ1n) is 9.30. The number of methoxy groups -OCH3 is 2. The highest BCUT2D eigenvalue weighted by Gasteiger charge is 2.28. The molecule has 0 radical (unpaired) electrons. The predicted molar refractivity (Wildman–Crippen MR) is 118 cm³/mol. The summed E-state index contributed by atoms with van der Waals surface area (Å²) in [5, 5.41) is 3.75. The van der Waals surface area contributed by atoms with E-state index >= 15 is 0 Å². The second-order valence-electron chi connectivity index (χ2n) is 6.90. The summed E-state index contributed by atoms with van der Waals surface area (Å²) in [6.45, 7) is 0.928. The van der Waals surface area contributed by atoms with Gasteiger partial charge in [0, 0.05) is 30.6 Å². The summed E-state index contributed by atoms with van der Waals surface area (Å²) in [6, 6.07) is 8.08. The summed E-state index contributed by atoms with van der Waals surface area (Å²) in [7, 11) is 3.07. The average molecular weight is 472 g/mol. The first kappa shape index (κ1) is 22.5. The molecule has 1 saturated heterocycles. The average Bonchev–Trinajstić information content (AvgIpc) is 2.76. The molecule has 9 heteroatoms. The number of nitrogens with one attached hydrogen (secondary N) is 1. The predicted octanol–water partition coefficient (Wildman–Crippen LogP) is 5.15. The van der Waals surface area contributed by atoms with E-state index in [9.17, 15) is 9.59 Å². The Labute approximate surface area is 190 Å². The van der Waals surface area contributed by atoms with Gasteiger partial charge in [0.25, 0.3) is 5.91 Å². The third-order valence-electron chi connectivity index (χ3n) is 5.02. The highest BCUT2D eigenvalue weighted by Crippen LogP contribution is 2.33. The van der Waals surface area contributed by atoms with Crippen LogP contribution in [0.25, 0.3) is 0 Å². The van der Waals surface area contributed by atoms with Gasteiger partial charge in [-0.3, -0.25) is 9.59 Å². The van der Waals surface area contributed by atoms with Crippen LogP contribution in [0.4, 0.5) is 5.69 Å². The second kappa shape index (κ2) is 9.77. The minimum Gasteiger partial charge on any atom is -0.497 e. The molecule has 0 atom stereocenters. The molecule has 1 N–H and O–H groups in total. The Morgan fingerprint density at radius 1 is 0.900 bits per heavy atom.